The van der Waals surface area contributed by atoms with E-state index in [1.54, 1.807) is 18.2 Å². The van der Waals surface area contributed by atoms with Gasteiger partial charge in [-0.3, -0.25) is 0 Å². The van der Waals surface area contributed by atoms with Crippen LogP contribution in [-0.2, 0) is 12.6 Å². The summed E-state index contributed by atoms with van der Waals surface area (Å²) in [6.45, 7) is -0.125. The predicted octanol–water partition coefficient (Wildman–Crippen LogP) is 3.87. The number of alkyl halides is 3. The highest BCUT2D eigenvalue weighted by Crippen LogP contribution is 2.36. The largest absolute Gasteiger partial charge is 0.431 e. The highest BCUT2D eigenvalue weighted by atomic mass is 79.9. The summed E-state index contributed by atoms with van der Waals surface area (Å²) in [5.74, 6) is 0. The van der Waals surface area contributed by atoms with Gasteiger partial charge >= 0.3 is 6.18 Å². The van der Waals surface area contributed by atoms with Gasteiger partial charge in [0.2, 0.25) is 0 Å². The van der Waals surface area contributed by atoms with Crippen LogP contribution >= 0.6 is 15.9 Å². The van der Waals surface area contributed by atoms with Crippen molar-refractivity contribution >= 4 is 26.8 Å². The fraction of sp³-hybridized carbons (Fsp3) is 0.333. The molecular weight excluding hydrogens is 311 g/mol. The van der Waals surface area contributed by atoms with Gasteiger partial charge in [0.05, 0.1) is 0 Å². The first-order valence-electron chi connectivity index (χ1n) is 5.41. The Morgan fingerprint density at radius 1 is 1.28 bits per heavy atom. The Morgan fingerprint density at radius 3 is 2.61 bits per heavy atom. The molecular formula is C12H11BrF3NO. The lowest BCUT2D eigenvalue weighted by Gasteiger charge is -2.07. The smallest absolute Gasteiger partial charge is 0.396 e. The van der Waals surface area contributed by atoms with Gasteiger partial charge in [0.1, 0.15) is 5.69 Å². The Labute approximate surface area is 110 Å². The minimum absolute atomic E-state index is 0.125. The standard InChI is InChI=1S/C12H11BrF3NO/c13-7-3-4-8-9(2-1-5-18)11(12(14,15)16)17-10(8)6-7/h3-4,6,17-18H,1-2,5H2. The molecule has 0 atom stereocenters. The van der Waals surface area contributed by atoms with Crippen LogP contribution in [-0.4, -0.2) is 16.7 Å². The number of aliphatic hydroxyl groups is 1. The molecule has 2 aromatic rings. The summed E-state index contributed by atoms with van der Waals surface area (Å²) < 4.78 is 39.4. The summed E-state index contributed by atoms with van der Waals surface area (Å²) in [6.07, 6.45) is -3.89. The quantitative estimate of drug-likeness (QED) is 0.884. The fourth-order valence-electron chi connectivity index (χ4n) is 1.99. The number of nitrogens with one attached hydrogen (secondary N) is 1. The van der Waals surface area contributed by atoms with Crippen LogP contribution in [0.15, 0.2) is 22.7 Å². The normalized spacial score (nSPS) is 12.3. The summed E-state index contributed by atoms with van der Waals surface area (Å²) in [7, 11) is 0. The van der Waals surface area contributed by atoms with Crippen molar-refractivity contribution in [3.63, 3.8) is 0 Å². The first kappa shape index (κ1) is 13.4. The van der Waals surface area contributed by atoms with E-state index in [0.717, 1.165) is 4.47 Å². The molecule has 1 heterocycles. The van der Waals surface area contributed by atoms with Gasteiger partial charge in [-0.1, -0.05) is 22.0 Å². The lowest BCUT2D eigenvalue weighted by Crippen LogP contribution is -2.09. The highest BCUT2D eigenvalue weighted by molar-refractivity contribution is 9.10. The third kappa shape index (κ3) is 2.54. The second-order valence-corrected chi connectivity index (χ2v) is 4.91. The van der Waals surface area contributed by atoms with Crippen molar-refractivity contribution in [1.82, 2.24) is 4.98 Å². The number of benzene rings is 1. The van der Waals surface area contributed by atoms with Crippen LogP contribution in [0.5, 0.6) is 0 Å². The van der Waals surface area contributed by atoms with Crippen LogP contribution in [0, 0.1) is 0 Å². The number of aromatic nitrogens is 1. The maximum absolute atomic E-state index is 12.9. The zero-order valence-electron chi connectivity index (χ0n) is 9.31. The Balaban J connectivity index is 2.60. The maximum Gasteiger partial charge on any atom is 0.431 e. The number of hydrogen-bond donors (Lipinski definition) is 2. The summed E-state index contributed by atoms with van der Waals surface area (Å²) in [5.41, 5.74) is -0.0484. The van der Waals surface area contributed by atoms with E-state index >= 15 is 0 Å². The predicted molar refractivity (Wildman–Crippen MR) is 66.4 cm³/mol. The molecule has 1 aromatic carbocycles. The molecule has 18 heavy (non-hydrogen) atoms. The van der Waals surface area contributed by atoms with E-state index in [1.165, 1.54) is 0 Å². The van der Waals surface area contributed by atoms with E-state index in [-0.39, 0.29) is 18.6 Å². The van der Waals surface area contributed by atoms with Gasteiger partial charge < -0.3 is 10.1 Å². The van der Waals surface area contributed by atoms with Gasteiger partial charge in [-0.2, -0.15) is 13.2 Å². The molecule has 6 heteroatoms. The molecule has 0 aliphatic rings. The molecule has 0 amide bonds. The van der Waals surface area contributed by atoms with Gasteiger partial charge in [-0.25, -0.2) is 0 Å². The van der Waals surface area contributed by atoms with Crippen LogP contribution in [0.25, 0.3) is 10.9 Å². The van der Waals surface area contributed by atoms with Gasteiger partial charge in [0, 0.05) is 22.0 Å². The van der Waals surface area contributed by atoms with Crippen molar-refractivity contribution in [1.29, 1.82) is 0 Å². The van der Waals surface area contributed by atoms with Gasteiger partial charge in [0.15, 0.2) is 0 Å². The molecule has 2 N–H and O–H groups in total. The summed E-state index contributed by atoms with van der Waals surface area (Å²) in [4.78, 5) is 2.42. The minimum Gasteiger partial charge on any atom is -0.396 e. The molecule has 2 rings (SSSR count). The molecule has 0 radical (unpaired) electrons. The van der Waals surface area contributed by atoms with Gasteiger partial charge in [-0.15, -0.1) is 0 Å². The molecule has 1 aromatic heterocycles. The number of H-pyrrole nitrogens is 1. The van der Waals surface area contributed by atoms with Gasteiger partial charge in [-0.05, 0) is 30.5 Å². The molecule has 98 valence electrons. The monoisotopic (exact) mass is 321 g/mol. The molecule has 0 saturated carbocycles. The van der Waals surface area contributed by atoms with Crippen molar-refractivity contribution in [2.75, 3.05) is 6.61 Å². The van der Waals surface area contributed by atoms with E-state index in [2.05, 4.69) is 20.9 Å². The van der Waals surface area contributed by atoms with Crippen LogP contribution in [0.2, 0.25) is 0 Å². The zero-order chi connectivity index (χ0) is 13.3. The molecule has 0 unspecified atom stereocenters. The van der Waals surface area contributed by atoms with Crippen LogP contribution < -0.4 is 0 Å². The molecule has 0 bridgehead atoms. The minimum atomic E-state index is -4.41. The third-order valence-electron chi connectivity index (χ3n) is 2.74. The van der Waals surface area contributed by atoms with Gasteiger partial charge in [0.25, 0.3) is 0 Å². The molecule has 0 saturated heterocycles. The number of halogens is 4. The van der Waals surface area contributed by atoms with E-state index in [1.807, 2.05) is 0 Å². The van der Waals surface area contributed by atoms with E-state index < -0.39 is 11.9 Å². The zero-order valence-corrected chi connectivity index (χ0v) is 10.9. The third-order valence-corrected chi connectivity index (χ3v) is 3.23. The first-order chi connectivity index (χ1) is 8.43. The second kappa shape index (κ2) is 4.93. The summed E-state index contributed by atoms with van der Waals surface area (Å²) in [6, 6.07) is 4.98. The number of aromatic amines is 1. The second-order valence-electron chi connectivity index (χ2n) is 3.99. The van der Waals surface area contributed by atoms with E-state index in [0.29, 0.717) is 17.3 Å². The van der Waals surface area contributed by atoms with Crippen molar-refractivity contribution in [2.45, 2.75) is 19.0 Å². The average molecular weight is 322 g/mol. The topological polar surface area (TPSA) is 36.0 Å². The summed E-state index contributed by atoms with van der Waals surface area (Å²) in [5, 5.41) is 9.33. The van der Waals surface area contributed by atoms with Crippen molar-refractivity contribution in [3.05, 3.63) is 33.9 Å². The van der Waals surface area contributed by atoms with E-state index in [4.69, 9.17) is 5.11 Å². The van der Waals surface area contributed by atoms with Crippen molar-refractivity contribution in [2.24, 2.45) is 0 Å². The Hall–Kier alpha value is -1.01. The Kier molecular flexibility index (Phi) is 3.68. The fourth-order valence-corrected chi connectivity index (χ4v) is 2.35. The maximum atomic E-state index is 12.9. The number of rotatable bonds is 3. The SMILES string of the molecule is OCCCc1c(C(F)(F)F)[nH]c2cc(Br)ccc12. The molecule has 0 fully saturated rings. The molecule has 0 spiro atoms. The number of aryl methyl sites for hydroxylation is 1. The van der Waals surface area contributed by atoms with Crippen LogP contribution in [0.4, 0.5) is 13.2 Å². The molecule has 0 aliphatic carbocycles. The number of fused-ring (bicyclic) bond motifs is 1. The van der Waals surface area contributed by atoms with Crippen molar-refractivity contribution in [3.8, 4) is 0 Å². The Morgan fingerprint density at radius 2 is 2.00 bits per heavy atom. The first-order valence-corrected chi connectivity index (χ1v) is 6.21. The molecule has 0 aliphatic heterocycles. The van der Waals surface area contributed by atoms with Crippen molar-refractivity contribution < 1.29 is 18.3 Å². The highest BCUT2D eigenvalue weighted by Gasteiger charge is 2.36. The number of hydrogen-bond acceptors (Lipinski definition) is 1. The van der Waals surface area contributed by atoms with E-state index in [9.17, 15) is 13.2 Å². The lowest BCUT2D eigenvalue weighted by atomic mass is 10.1. The van der Waals surface area contributed by atoms with Crippen LogP contribution in [0.3, 0.4) is 0 Å². The lowest BCUT2D eigenvalue weighted by molar-refractivity contribution is -0.141. The number of aliphatic hydroxyl groups excluding tert-OH is 1. The average Bonchev–Trinajstić information content (AvgIpc) is 2.63. The molecule has 2 nitrogen and oxygen atoms in total. The van der Waals surface area contributed by atoms with Crippen LogP contribution in [0.1, 0.15) is 17.7 Å². The Bertz CT molecular complexity index is 562. The summed E-state index contributed by atoms with van der Waals surface area (Å²) >= 11 is 3.23.